The fourth-order valence-electron chi connectivity index (χ4n) is 1.49. The summed E-state index contributed by atoms with van der Waals surface area (Å²) in [6.07, 6.45) is 1.38. The Balaban J connectivity index is 2.16. The summed E-state index contributed by atoms with van der Waals surface area (Å²) in [6, 6.07) is 8.09. The second kappa shape index (κ2) is 5.14. The van der Waals surface area contributed by atoms with Gasteiger partial charge in [0.05, 0.1) is 6.33 Å². The number of nitrogens with zero attached hydrogens (tertiary/aromatic N) is 1. The van der Waals surface area contributed by atoms with Crippen molar-refractivity contribution in [3.05, 3.63) is 56.5 Å². The lowest BCUT2D eigenvalue weighted by atomic mass is 10.1. The first kappa shape index (κ1) is 11.9. The SMILES string of the molecule is Cc1ccccc1CNc1nc[nH]c(=O)c1Br. The van der Waals surface area contributed by atoms with Gasteiger partial charge in [-0.05, 0) is 34.0 Å². The van der Waals surface area contributed by atoms with Crippen LogP contribution in [0.5, 0.6) is 0 Å². The molecule has 1 heterocycles. The van der Waals surface area contributed by atoms with Crippen molar-refractivity contribution in [2.24, 2.45) is 0 Å². The first-order valence-corrected chi connectivity index (χ1v) is 5.99. The standard InChI is InChI=1S/C12H12BrN3O/c1-8-4-2-3-5-9(8)6-14-11-10(13)12(17)16-7-15-11/h2-5,7H,6H2,1H3,(H2,14,15,16,17). The van der Waals surface area contributed by atoms with Crippen LogP contribution in [0.3, 0.4) is 0 Å². The van der Waals surface area contributed by atoms with E-state index in [-0.39, 0.29) is 5.56 Å². The maximum absolute atomic E-state index is 11.3. The number of rotatable bonds is 3. The Bertz CT molecular complexity index is 580. The largest absolute Gasteiger partial charge is 0.365 e. The minimum absolute atomic E-state index is 0.188. The number of aromatic amines is 1. The summed E-state index contributed by atoms with van der Waals surface area (Å²) in [7, 11) is 0. The predicted molar refractivity (Wildman–Crippen MR) is 71.1 cm³/mol. The molecule has 0 aliphatic rings. The lowest BCUT2D eigenvalue weighted by Gasteiger charge is -2.08. The molecule has 88 valence electrons. The quantitative estimate of drug-likeness (QED) is 0.914. The van der Waals surface area contributed by atoms with Gasteiger partial charge >= 0.3 is 0 Å². The number of hydrogen-bond acceptors (Lipinski definition) is 3. The van der Waals surface area contributed by atoms with Gasteiger partial charge in [-0.3, -0.25) is 4.79 Å². The highest BCUT2D eigenvalue weighted by Gasteiger charge is 2.05. The minimum Gasteiger partial charge on any atom is -0.365 e. The highest BCUT2D eigenvalue weighted by molar-refractivity contribution is 9.10. The molecule has 0 saturated heterocycles. The molecule has 1 aromatic heterocycles. The summed E-state index contributed by atoms with van der Waals surface area (Å²) in [5.74, 6) is 0.553. The Morgan fingerprint density at radius 3 is 2.94 bits per heavy atom. The number of anilines is 1. The second-order valence-electron chi connectivity index (χ2n) is 3.67. The Morgan fingerprint density at radius 2 is 2.18 bits per heavy atom. The average Bonchev–Trinajstić information content (AvgIpc) is 2.33. The summed E-state index contributed by atoms with van der Waals surface area (Å²) in [5.41, 5.74) is 2.20. The fourth-order valence-corrected chi connectivity index (χ4v) is 1.85. The van der Waals surface area contributed by atoms with Gasteiger partial charge in [-0.1, -0.05) is 24.3 Å². The summed E-state index contributed by atoms with van der Waals surface area (Å²) < 4.78 is 0.425. The predicted octanol–water partition coefficient (Wildman–Crippen LogP) is 2.45. The van der Waals surface area contributed by atoms with E-state index in [1.807, 2.05) is 18.2 Å². The number of aromatic nitrogens is 2. The van der Waals surface area contributed by atoms with Gasteiger partial charge in [0, 0.05) is 6.54 Å². The molecule has 17 heavy (non-hydrogen) atoms. The summed E-state index contributed by atoms with van der Waals surface area (Å²) in [6.45, 7) is 2.69. The van der Waals surface area contributed by atoms with E-state index < -0.39 is 0 Å². The Kier molecular flexibility index (Phi) is 3.58. The molecule has 0 bridgehead atoms. The number of aryl methyl sites for hydroxylation is 1. The second-order valence-corrected chi connectivity index (χ2v) is 4.47. The zero-order valence-corrected chi connectivity index (χ0v) is 10.9. The molecule has 0 fully saturated rings. The van der Waals surface area contributed by atoms with E-state index in [4.69, 9.17) is 0 Å². The van der Waals surface area contributed by atoms with Crippen LogP contribution in [0.15, 0.2) is 39.9 Å². The molecule has 0 atom stereocenters. The van der Waals surface area contributed by atoms with Crippen molar-refractivity contribution < 1.29 is 0 Å². The number of hydrogen-bond donors (Lipinski definition) is 2. The van der Waals surface area contributed by atoms with Crippen LogP contribution in [0.4, 0.5) is 5.82 Å². The van der Waals surface area contributed by atoms with Crippen molar-refractivity contribution >= 4 is 21.7 Å². The van der Waals surface area contributed by atoms with Gasteiger partial charge in [-0.25, -0.2) is 4.98 Å². The van der Waals surface area contributed by atoms with Gasteiger partial charge in [0.25, 0.3) is 5.56 Å². The fraction of sp³-hybridized carbons (Fsp3) is 0.167. The topological polar surface area (TPSA) is 57.8 Å². The Morgan fingerprint density at radius 1 is 1.41 bits per heavy atom. The van der Waals surface area contributed by atoms with E-state index >= 15 is 0 Å². The lowest BCUT2D eigenvalue weighted by Crippen LogP contribution is -2.12. The van der Waals surface area contributed by atoms with E-state index in [0.717, 1.165) is 0 Å². The molecule has 2 rings (SSSR count). The third-order valence-electron chi connectivity index (χ3n) is 2.50. The van der Waals surface area contributed by atoms with Crippen LogP contribution < -0.4 is 10.9 Å². The Hall–Kier alpha value is -1.62. The third-order valence-corrected chi connectivity index (χ3v) is 3.24. The zero-order chi connectivity index (χ0) is 12.3. The molecular formula is C12H12BrN3O. The van der Waals surface area contributed by atoms with E-state index in [1.54, 1.807) is 0 Å². The average molecular weight is 294 g/mol. The summed E-state index contributed by atoms with van der Waals surface area (Å²) in [5, 5.41) is 3.13. The van der Waals surface area contributed by atoms with Crippen molar-refractivity contribution in [2.75, 3.05) is 5.32 Å². The van der Waals surface area contributed by atoms with Crippen molar-refractivity contribution in [2.45, 2.75) is 13.5 Å². The van der Waals surface area contributed by atoms with Crippen LogP contribution in [0, 0.1) is 6.92 Å². The summed E-state index contributed by atoms with van der Waals surface area (Å²) in [4.78, 5) is 17.9. The van der Waals surface area contributed by atoms with Crippen molar-refractivity contribution in [1.29, 1.82) is 0 Å². The monoisotopic (exact) mass is 293 g/mol. The molecule has 4 nitrogen and oxygen atoms in total. The maximum atomic E-state index is 11.3. The first-order chi connectivity index (χ1) is 8.18. The summed E-state index contributed by atoms with van der Waals surface area (Å²) >= 11 is 3.20. The molecule has 0 unspecified atom stereocenters. The van der Waals surface area contributed by atoms with Crippen molar-refractivity contribution in [1.82, 2.24) is 9.97 Å². The first-order valence-electron chi connectivity index (χ1n) is 5.20. The molecule has 0 aliphatic carbocycles. The van der Waals surface area contributed by atoms with Gasteiger partial charge in [0.15, 0.2) is 0 Å². The third kappa shape index (κ3) is 2.74. The van der Waals surface area contributed by atoms with Crippen LogP contribution >= 0.6 is 15.9 Å². The highest BCUT2D eigenvalue weighted by Crippen LogP contribution is 2.15. The molecule has 2 aromatic rings. The highest BCUT2D eigenvalue weighted by atomic mass is 79.9. The molecule has 5 heteroatoms. The van der Waals surface area contributed by atoms with Crippen molar-refractivity contribution in [3.8, 4) is 0 Å². The van der Waals surface area contributed by atoms with E-state index in [1.165, 1.54) is 17.5 Å². The van der Waals surface area contributed by atoms with Gasteiger partial charge in [0.2, 0.25) is 0 Å². The van der Waals surface area contributed by atoms with Crippen LogP contribution in [0.25, 0.3) is 0 Å². The number of nitrogens with one attached hydrogen (secondary N) is 2. The van der Waals surface area contributed by atoms with Crippen LogP contribution in [0.1, 0.15) is 11.1 Å². The number of halogens is 1. The molecule has 0 spiro atoms. The van der Waals surface area contributed by atoms with Crippen molar-refractivity contribution in [3.63, 3.8) is 0 Å². The maximum Gasteiger partial charge on any atom is 0.267 e. The van der Waals surface area contributed by atoms with Gasteiger partial charge in [-0.2, -0.15) is 0 Å². The molecule has 1 aromatic carbocycles. The zero-order valence-electron chi connectivity index (χ0n) is 9.33. The minimum atomic E-state index is -0.188. The molecule has 0 saturated carbocycles. The van der Waals surface area contributed by atoms with Gasteiger partial charge in [0.1, 0.15) is 10.3 Å². The van der Waals surface area contributed by atoms with Crippen LogP contribution in [0.2, 0.25) is 0 Å². The van der Waals surface area contributed by atoms with E-state index in [0.29, 0.717) is 16.8 Å². The van der Waals surface area contributed by atoms with E-state index in [2.05, 4.69) is 44.2 Å². The molecule has 0 amide bonds. The number of benzene rings is 1. The Labute approximate surface area is 107 Å². The van der Waals surface area contributed by atoms with Gasteiger partial charge in [-0.15, -0.1) is 0 Å². The molecular weight excluding hydrogens is 282 g/mol. The van der Waals surface area contributed by atoms with E-state index in [9.17, 15) is 4.79 Å². The normalized spacial score (nSPS) is 10.2. The smallest absolute Gasteiger partial charge is 0.267 e. The van der Waals surface area contributed by atoms with Crippen LogP contribution in [-0.2, 0) is 6.54 Å². The number of H-pyrrole nitrogens is 1. The molecule has 2 N–H and O–H groups in total. The van der Waals surface area contributed by atoms with Gasteiger partial charge < -0.3 is 10.3 Å². The van der Waals surface area contributed by atoms with Crippen LogP contribution in [-0.4, -0.2) is 9.97 Å². The molecule has 0 radical (unpaired) electrons. The lowest BCUT2D eigenvalue weighted by molar-refractivity contribution is 1.04. The molecule has 0 aliphatic heterocycles.